The number of aromatic amines is 1. The molecule has 118 valence electrons. The molecular weight excluding hydrogens is 286 g/mol. The van der Waals surface area contributed by atoms with Crippen molar-refractivity contribution < 1.29 is 19.8 Å². The number of fused-ring (bicyclic) bond motifs is 1. The second-order valence-corrected chi connectivity index (χ2v) is 5.13. The molecule has 1 aromatic heterocycles. The molecule has 0 saturated heterocycles. The Morgan fingerprint density at radius 1 is 1.36 bits per heavy atom. The molecule has 1 heterocycles. The van der Waals surface area contributed by atoms with Crippen LogP contribution >= 0.6 is 0 Å². The standard InChI is InChI=1S/C15H19N3O4/c16-12(15(21)22)2-4-14(20)17-6-5-9-8-18-13-3-1-10(19)7-11(9)13/h1,3,7-8,12,18-19H,2,4-6,16H2,(H,17,20)(H,21,22)/t12-/m0/s1. The number of aromatic nitrogens is 1. The molecule has 7 nitrogen and oxygen atoms in total. The first kappa shape index (κ1) is 15.8. The van der Waals surface area contributed by atoms with Crippen molar-refractivity contribution in [3.8, 4) is 5.75 Å². The monoisotopic (exact) mass is 305 g/mol. The van der Waals surface area contributed by atoms with Crippen molar-refractivity contribution in [1.29, 1.82) is 0 Å². The van der Waals surface area contributed by atoms with Crippen LogP contribution in [0.4, 0.5) is 0 Å². The summed E-state index contributed by atoms with van der Waals surface area (Å²) in [6, 6.07) is 4.06. The Labute approximate surface area is 127 Å². The van der Waals surface area contributed by atoms with Crippen molar-refractivity contribution in [3.05, 3.63) is 30.0 Å². The molecule has 6 N–H and O–H groups in total. The van der Waals surface area contributed by atoms with Crippen molar-refractivity contribution in [2.24, 2.45) is 5.73 Å². The topological polar surface area (TPSA) is 128 Å². The van der Waals surface area contributed by atoms with Gasteiger partial charge < -0.3 is 26.2 Å². The average Bonchev–Trinajstić information content (AvgIpc) is 2.87. The molecule has 22 heavy (non-hydrogen) atoms. The van der Waals surface area contributed by atoms with Crippen LogP contribution in [0.25, 0.3) is 10.9 Å². The van der Waals surface area contributed by atoms with E-state index in [1.807, 2.05) is 6.20 Å². The lowest BCUT2D eigenvalue weighted by atomic mass is 10.1. The third-order valence-corrected chi connectivity index (χ3v) is 3.47. The van der Waals surface area contributed by atoms with Crippen LogP contribution in [0, 0.1) is 0 Å². The van der Waals surface area contributed by atoms with Gasteiger partial charge in [0.2, 0.25) is 5.91 Å². The molecule has 2 rings (SSSR count). The highest BCUT2D eigenvalue weighted by atomic mass is 16.4. The maximum atomic E-state index is 11.6. The summed E-state index contributed by atoms with van der Waals surface area (Å²) < 4.78 is 0. The Hall–Kier alpha value is -2.54. The zero-order valence-corrected chi connectivity index (χ0v) is 12.0. The third kappa shape index (κ3) is 3.98. The number of nitrogens with two attached hydrogens (primary N) is 1. The second-order valence-electron chi connectivity index (χ2n) is 5.13. The molecule has 1 aromatic carbocycles. The highest BCUT2D eigenvalue weighted by molar-refractivity contribution is 5.84. The van der Waals surface area contributed by atoms with E-state index in [0.29, 0.717) is 13.0 Å². The Morgan fingerprint density at radius 2 is 2.14 bits per heavy atom. The van der Waals surface area contributed by atoms with E-state index in [1.54, 1.807) is 18.2 Å². The van der Waals surface area contributed by atoms with Crippen LogP contribution in [0.1, 0.15) is 18.4 Å². The number of carbonyl (C=O) groups excluding carboxylic acids is 1. The summed E-state index contributed by atoms with van der Waals surface area (Å²) in [6.07, 6.45) is 2.65. The Kier molecular flexibility index (Phi) is 5.00. The summed E-state index contributed by atoms with van der Waals surface area (Å²) in [4.78, 5) is 25.3. The Bertz CT molecular complexity index is 680. The highest BCUT2D eigenvalue weighted by Gasteiger charge is 2.13. The average molecular weight is 305 g/mol. The fourth-order valence-corrected chi connectivity index (χ4v) is 2.21. The number of carboxylic acid groups (broad SMARTS) is 1. The number of carbonyl (C=O) groups is 2. The van der Waals surface area contributed by atoms with Crippen molar-refractivity contribution in [3.63, 3.8) is 0 Å². The Morgan fingerprint density at radius 3 is 2.86 bits per heavy atom. The fraction of sp³-hybridized carbons (Fsp3) is 0.333. The Balaban J connectivity index is 1.81. The third-order valence-electron chi connectivity index (χ3n) is 3.47. The first-order chi connectivity index (χ1) is 10.5. The zero-order valence-electron chi connectivity index (χ0n) is 12.0. The van der Waals surface area contributed by atoms with E-state index in [2.05, 4.69) is 10.3 Å². The number of hydrogen-bond donors (Lipinski definition) is 5. The number of phenols is 1. The van der Waals surface area contributed by atoms with Gasteiger partial charge in [-0.15, -0.1) is 0 Å². The van der Waals surface area contributed by atoms with Gasteiger partial charge in [-0.1, -0.05) is 0 Å². The van der Waals surface area contributed by atoms with Gasteiger partial charge in [-0.3, -0.25) is 9.59 Å². The summed E-state index contributed by atoms with van der Waals surface area (Å²) in [5.74, 6) is -1.13. The quantitative estimate of drug-likeness (QED) is 0.515. The van der Waals surface area contributed by atoms with Crippen molar-refractivity contribution in [2.45, 2.75) is 25.3 Å². The molecule has 1 amide bonds. The normalized spacial score (nSPS) is 12.2. The maximum Gasteiger partial charge on any atom is 0.320 e. The summed E-state index contributed by atoms with van der Waals surface area (Å²) in [5.41, 5.74) is 7.26. The molecular formula is C15H19N3O4. The smallest absolute Gasteiger partial charge is 0.320 e. The minimum atomic E-state index is -1.11. The lowest BCUT2D eigenvalue weighted by Gasteiger charge is -2.07. The fourth-order valence-electron chi connectivity index (χ4n) is 2.21. The van der Waals surface area contributed by atoms with Crippen molar-refractivity contribution in [2.75, 3.05) is 6.54 Å². The van der Waals surface area contributed by atoms with E-state index in [0.717, 1.165) is 16.5 Å². The van der Waals surface area contributed by atoms with Gasteiger partial charge >= 0.3 is 5.97 Å². The van der Waals surface area contributed by atoms with Gasteiger partial charge in [0.15, 0.2) is 0 Å². The number of aromatic hydroxyl groups is 1. The number of amides is 1. The molecule has 0 aliphatic carbocycles. The van der Waals surface area contributed by atoms with Gasteiger partial charge in [0.1, 0.15) is 11.8 Å². The first-order valence-corrected chi connectivity index (χ1v) is 7.01. The van der Waals surface area contributed by atoms with Gasteiger partial charge in [0, 0.05) is 30.1 Å². The van der Waals surface area contributed by atoms with Crippen LogP contribution < -0.4 is 11.1 Å². The van der Waals surface area contributed by atoms with Gasteiger partial charge in [-0.25, -0.2) is 0 Å². The summed E-state index contributed by atoms with van der Waals surface area (Å²) in [5, 5.41) is 21.8. The molecule has 0 unspecified atom stereocenters. The SMILES string of the molecule is N[C@@H](CCC(=O)NCCc1c[nH]c2ccc(O)cc12)C(=O)O. The number of nitrogens with one attached hydrogen (secondary N) is 2. The van der Waals surface area contributed by atoms with Gasteiger partial charge in [0.05, 0.1) is 0 Å². The van der Waals surface area contributed by atoms with E-state index < -0.39 is 12.0 Å². The molecule has 0 bridgehead atoms. The largest absolute Gasteiger partial charge is 0.508 e. The molecule has 1 atom stereocenters. The summed E-state index contributed by atoms with van der Waals surface area (Å²) >= 11 is 0. The van der Waals surface area contributed by atoms with E-state index in [9.17, 15) is 14.7 Å². The predicted octanol–water partition coefficient (Wildman–Crippen LogP) is 0.724. The molecule has 0 aliphatic heterocycles. The number of aliphatic carboxylic acids is 1. The first-order valence-electron chi connectivity index (χ1n) is 7.01. The molecule has 0 aliphatic rings. The molecule has 0 radical (unpaired) electrons. The minimum absolute atomic E-state index is 0.0855. The number of phenolic OH excluding ortho intramolecular Hbond substituents is 1. The molecule has 0 spiro atoms. The van der Waals surface area contributed by atoms with Crippen molar-refractivity contribution >= 4 is 22.8 Å². The van der Waals surface area contributed by atoms with E-state index in [1.165, 1.54) is 0 Å². The predicted molar refractivity (Wildman–Crippen MR) is 81.5 cm³/mol. The number of hydrogen-bond acceptors (Lipinski definition) is 4. The van der Waals surface area contributed by atoms with Crippen LogP contribution in [0.3, 0.4) is 0 Å². The van der Waals surface area contributed by atoms with Crippen LogP contribution in [-0.2, 0) is 16.0 Å². The number of carboxylic acids is 1. The second kappa shape index (κ2) is 6.95. The summed E-state index contributed by atoms with van der Waals surface area (Å²) in [7, 11) is 0. The molecule has 0 saturated carbocycles. The van der Waals surface area contributed by atoms with Gasteiger partial charge in [-0.2, -0.15) is 0 Å². The number of benzene rings is 1. The molecule has 2 aromatic rings. The van der Waals surface area contributed by atoms with Crippen molar-refractivity contribution in [1.82, 2.24) is 10.3 Å². The van der Waals surface area contributed by atoms with E-state index >= 15 is 0 Å². The number of H-pyrrole nitrogens is 1. The van der Waals surface area contributed by atoms with Gasteiger partial charge in [0.25, 0.3) is 0 Å². The van der Waals surface area contributed by atoms with Crippen LogP contribution in [0.2, 0.25) is 0 Å². The lowest BCUT2D eigenvalue weighted by molar-refractivity contribution is -0.138. The maximum absolute atomic E-state index is 11.6. The van der Waals surface area contributed by atoms with Crippen LogP contribution in [0.5, 0.6) is 5.75 Å². The highest BCUT2D eigenvalue weighted by Crippen LogP contribution is 2.22. The lowest BCUT2D eigenvalue weighted by Crippen LogP contribution is -2.33. The zero-order chi connectivity index (χ0) is 16.1. The van der Waals surface area contributed by atoms with E-state index in [4.69, 9.17) is 10.8 Å². The number of rotatable bonds is 7. The van der Waals surface area contributed by atoms with Gasteiger partial charge in [-0.05, 0) is 36.6 Å². The molecule has 0 fully saturated rings. The molecule has 7 heteroatoms. The minimum Gasteiger partial charge on any atom is -0.508 e. The van der Waals surface area contributed by atoms with E-state index in [-0.39, 0.29) is 24.5 Å². The summed E-state index contributed by atoms with van der Waals surface area (Å²) in [6.45, 7) is 0.434. The van der Waals surface area contributed by atoms with Crippen LogP contribution in [0.15, 0.2) is 24.4 Å². The van der Waals surface area contributed by atoms with Crippen LogP contribution in [-0.4, -0.2) is 39.7 Å².